The highest BCUT2D eigenvalue weighted by Gasteiger charge is 2.29. The second-order valence-electron chi connectivity index (χ2n) is 6.10. The summed E-state index contributed by atoms with van der Waals surface area (Å²) >= 11 is 7.35. The van der Waals surface area contributed by atoms with Crippen molar-refractivity contribution in [3.05, 3.63) is 23.2 Å². The fourth-order valence-corrected chi connectivity index (χ4v) is 4.12. The number of morpholine rings is 1. The number of benzene rings is 1. The van der Waals surface area contributed by atoms with Gasteiger partial charge in [0.1, 0.15) is 0 Å². The first-order valence-corrected chi connectivity index (χ1v) is 9.71. The van der Waals surface area contributed by atoms with Crippen molar-refractivity contribution in [2.75, 3.05) is 44.7 Å². The van der Waals surface area contributed by atoms with Crippen molar-refractivity contribution in [2.45, 2.75) is 23.0 Å². The molecule has 1 atom stereocenters. The molecule has 136 valence electrons. The molecule has 2 aliphatic rings. The van der Waals surface area contributed by atoms with E-state index in [9.17, 15) is 9.59 Å². The minimum Gasteiger partial charge on any atom is -0.379 e. The van der Waals surface area contributed by atoms with Crippen LogP contribution in [0.5, 0.6) is 0 Å². The number of carbonyl (C=O) groups excluding carboxylic acids is 2. The Bertz CT molecular complexity index is 638. The summed E-state index contributed by atoms with van der Waals surface area (Å²) in [5.41, 5.74) is 0.713. The first kappa shape index (κ1) is 18.5. The van der Waals surface area contributed by atoms with Gasteiger partial charge in [-0.1, -0.05) is 11.6 Å². The molecule has 1 saturated heterocycles. The van der Waals surface area contributed by atoms with Crippen LogP contribution in [-0.2, 0) is 14.3 Å². The maximum atomic E-state index is 12.2. The summed E-state index contributed by atoms with van der Waals surface area (Å²) in [4.78, 5) is 27.6. The number of nitrogens with zero attached hydrogens (tertiary/aromatic N) is 1. The van der Waals surface area contributed by atoms with E-state index < -0.39 is 5.25 Å². The van der Waals surface area contributed by atoms with Crippen molar-refractivity contribution < 1.29 is 14.3 Å². The summed E-state index contributed by atoms with van der Waals surface area (Å²) in [5.74, 6) is -0.240. The molecule has 2 heterocycles. The molecule has 0 spiro atoms. The molecule has 2 N–H and O–H groups in total. The van der Waals surface area contributed by atoms with Gasteiger partial charge in [0.05, 0.1) is 24.2 Å². The molecule has 8 heteroatoms. The molecule has 0 saturated carbocycles. The maximum Gasteiger partial charge on any atom is 0.238 e. The number of carbonyl (C=O) groups is 2. The summed E-state index contributed by atoms with van der Waals surface area (Å²) in [7, 11) is 0. The number of anilines is 1. The van der Waals surface area contributed by atoms with Crippen LogP contribution in [0.1, 0.15) is 12.8 Å². The number of hydrogen-bond acceptors (Lipinski definition) is 5. The summed E-state index contributed by atoms with van der Waals surface area (Å²) < 4.78 is 5.31. The van der Waals surface area contributed by atoms with Gasteiger partial charge in [-0.15, -0.1) is 11.8 Å². The number of rotatable bonds is 6. The van der Waals surface area contributed by atoms with E-state index in [1.807, 2.05) is 6.07 Å². The molecule has 25 heavy (non-hydrogen) atoms. The van der Waals surface area contributed by atoms with Crippen molar-refractivity contribution in [1.29, 1.82) is 0 Å². The Balaban J connectivity index is 1.40. The van der Waals surface area contributed by atoms with E-state index in [1.165, 1.54) is 11.8 Å². The van der Waals surface area contributed by atoms with Gasteiger partial charge in [-0.2, -0.15) is 0 Å². The quantitative estimate of drug-likeness (QED) is 0.735. The zero-order valence-corrected chi connectivity index (χ0v) is 15.5. The zero-order chi connectivity index (χ0) is 17.6. The number of halogens is 1. The van der Waals surface area contributed by atoms with Crippen LogP contribution < -0.4 is 10.6 Å². The molecule has 1 fully saturated rings. The molecule has 1 aromatic rings. The van der Waals surface area contributed by atoms with Crippen molar-refractivity contribution in [2.24, 2.45) is 0 Å². The summed E-state index contributed by atoms with van der Waals surface area (Å²) in [6, 6.07) is 5.38. The van der Waals surface area contributed by atoms with Crippen LogP contribution >= 0.6 is 23.4 Å². The minimum atomic E-state index is -0.409. The summed E-state index contributed by atoms with van der Waals surface area (Å²) in [6.07, 6.45) is 1.08. The number of fused-ring (bicyclic) bond motifs is 1. The van der Waals surface area contributed by atoms with Gasteiger partial charge >= 0.3 is 0 Å². The van der Waals surface area contributed by atoms with Crippen LogP contribution in [0, 0.1) is 0 Å². The lowest BCUT2D eigenvalue weighted by Crippen LogP contribution is -2.39. The molecule has 2 amide bonds. The van der Waals surface area contributed by atoms with Gasteiger partial charge in [-0.3, -0.25) is 14.5 Å². The first-order valence-electron chi connectivity index (χ1n) is 8.46. The SMILES string of the molecule is O=C(C[C@H]1Sc2ccc(Cl)cc2NC1=O)NCCCN1CCOCC1. The Kier molecular flexibility index (Phi) is 6.58. The predicted octanol–water partition coefficient (Wildman–Crippen LogP) is 1.98. The lowest BCUT2D eigenvalue weighted by Gasteiger charge is -2.26. The summed E-state index contributed by atoms with van der Waals surface area (Å²) in [6.45, 7) is 5.06. The van der Waals surface area contributed by atoms with Crippen LogP contribution in [0.3, 0.4) is 0 Å². The van der Waals surface area contributed by atoms with Gasteiger partial charge in [0.25, 0.3) is 0 Å². The molecular weight excluding hydrogens is 362 g/mol. The number of ether oxygens (including phenoxy) is 1. The molecule has 0 aromatic heterocycles. The molecule has 6 nitrogen and oxygen atoms in total. The highest BCUT2D eigenvalue weighted by atomic mass is 35.5. The third-order valence-corrected chi connectivity index (χ3v) is 5.72. The minimum absolute atomic E-state index is 0.0907. The van der Waals surface area contributed by atoms with Gasteiger partial charge in [-0.25, -0.2) is 0 Å². The van der Waals surface area contributed by atoms with E-state index in [2.05, 4.69) is 15.5 Å². The van der Waals surface area contributed by atoms with Crippen LogP contribution in [0.4, 0.5) is 5.69 Å². The second kappa shape index (κ2) is 8.89. The van der Waals surface area contributed by atoms with Crippen LogP contribution in [0.15, 0.2) is 23.1 Å². The topological polar surface area (TPSA) is 70.7 Å². The molecule has 0 bridgehead atoms. The van der Waals surface area contributed by atoms with Crippen LogP contribution in [-0.4, -0.2) is 61.4 Å². The third-order valence-electron chi connectivity index (χ3n) is 4.21. The van der Waals surface area contributed by atoms with Gasteiger partial charge in [0, 0.05) is 36.0 Å². The lowest BCUT2D eigenvalue weighted by molar-refractivity contribution is -0.124. The van der Waals surface area contributed by atoms with Crippen LogP contribution in [0.2, 0.25) is 5.02 Å². The van der Waals surface area contributed by atoms with E-state index in [4.69, 9.17) is 16.3 Å². The smallest absolute Gasteiger partial charge is 0.238 e. The lowest BCUT2D eigenvalue weighted by atomic mass is 10.2. The normalized spacial score (nSPS) is 20.7. The summed E-state index contributed by atoms with van der Waals surface area (Å²) in [5, 5.41) is 5.91. The number of amides is 2. The Morgan fingerprint density at radius 2 is 2.20 bits per heavy atom. The molecule has 0 radical (unpaired) electrons. The van der Waals surface area contributed by atoms with E-state index in [-0.39, 0.29) is 18.2 Å². The average molecular weight is 384 g/mol. The Labute approximate surface area is 156 Å². The average Bonchev–Trinajstić information content (AvgIpc) is 2.60. The zero-order valence-electron chi connectivity index (χ0n) is 13.9. The van der Waals surface area contributed by atoms with Gasteiger partial charge in [-0.05, 0) is 31.2 Å². The van der Waals surface area contributed by atoms with Crippen molar-refractivity contribution in [3.63, 3.8) is 0 Å². The number of thioether (sulfide) groups is 1. The van der Waals surface area contributed by atoms with E-state index in [1.54, 1.807) is 12.1 Å². The Hall–Kier alpha value is -1.28. The molecule has 1 aromatic carbocycles. The van der Waals surface area contributed by atoms with Crippen LogP contribution in [0.25, 0.3) is 0 Å². The Morgan fingerprint density at radius 1 is 1.40 bits per heavy atom. The van der Waals surface area contributed by atoms with Gasteiger partial charge < -0.3 is 15.4 Å². The fraction of sp³-hybridized carbons (Fsp3) is 0.529. The standard InChI is InChI=1S/C17H22ClN3O3S/c18-12-2-3-14-13(10-12)20-17(23)15(25-14)11-16(22)19-4-1-5-21-6-8-24-9-7-21/h2-3,10,15H,1,4-9,11H2,(H,19,22)(H,20,23)/t15-/m1/s1. The van der Waals surface area contributed by atoms with Crippen molar-refractivity contribution in [1.82, 2.24) is 10.2 Å². The van der Waals surface area contributed by atoms with Crippen molar-refractivity contribution >= 4 is 40.9 Å². The first-order chi connectivity index (χ1) is 12.1. The monoisotopic (exact) mass is 383 g/mol. The van der Waals surface area contributed by atoms with Crippen molar-refractivity contribution in [3.8, 4) is 0 Å². The highest BCUT2D eigenvalue weighted by molar-refractivity contribution is 8.01. The van der Waals surface area contributed by atoms with E-state index in [0.29, 0.717) is 17.3 Å². The fourth-order valence-electron chi connectivity index (χ4n) is 2.85. The van der Waals surface area contributed by atoms with Gasteiger partial charge in [0.2, 0.25) is 11.8 Å². The Morgan fingerprint density at radius 3 is 3.00 bits per heavy atom. The molecule has 0 unspecified atom stereocenters. The molecule has 0 aliphatic carbocycles. The maximum absolute atomic E-state index is 12.2. The molecular formula is C17H22ClN3O3S. The largest absolute Gasteiger partial charge is 0.379 e. The third kappa shape index (κ3) is 5.34. The molecule has 3 rings (SSSR count). The van der Waals surface area contributed by atoms with E-state index in [0.717, 1.165) is 44.2 Å². The number of nitrogens with one attached hydrogen (secondary N) is 2. The predicted molar refractivity (Wildman–Crippen MR) is 99.2 cm³/mol. The highest BCUT2D eigenvalue weighted by Crippen LogP contribution is 2.38. The van der Waals surface area contributed by atoms with Gasteiger partial charge in [0.15, 0.2) is 0 Å². The van der Waals surface area contributed by atoms with E-state index >= 15 is 0 Å². The second-order valence-corrected chi connectivity index (χ2v) is 7.78. The number of hydrogen-bond donors (Lipinski definition) is 2. The molecule has 2 aliphatic heterocycles.